The maximum Gasteiger partial charge on any atom is 0.344 e. The number of para-hydroxylation sites is 2. The SMILES string of the molecule is CCN(C(=O)COC(=O)COc1ccccc1[N+](=O)[O-])c1c(N)n(Cc2ccccc2)c(=O)[nH]c1=O. The Morgan fingerprint density at radius 3 is 2.42 bits per heavy atom. The molecule has 0 radical (unpaired) electrons. The van der Waals surface area contributed by atoms with Gasteiger partial charge in [0.05, 0.1) is 11.5 Å². The van der Waals surface area contributed by atoms with E-state index in [1.54, 1.807) is 37.3 Å². The van der Waals surface area contributed by atoms with E-state index in [0.29, 0.717) is 0 Å². The Morgan fingerprint density at radius 2 is 1.75 bits per heavy atom. The molecule has 3 rings (SSSR count). The number of benzene rings is 2. The van der Waals surface area contributed by atoms with Gasteiger partial charge in [0, 0.05) is 12.6 Å². The number of anilines is 2. The lowest BCUT2D eigenvalue weighted by Gasteiger charge is -2.23. The number of hydrogen-bond donors (Lipinski definition) is 2. The summed E-state index contributed by atoms with van der Waals surface area (Å²) < 4.78 is 11.2. The van der Waals surface area contributed by atoms with Crippen molar-refractivity contribution in [3.8, 4) is 5.75 Å². The molecule has 1 amide bonds. The quantitative estimate of drug-likeness (QED) is 0.235. The number of nitrogens with two attached hydrogens (primary N) is 1. The summed E-state index contributed by atoms with van der Waals surface area (Å²) >= 11 is 0. The predicted octanol–water partition coefficient (Wildman–Crippen LogP) is 1.05. The van der Waals surface area contributed by atoms with E-state index in [1.807, 2.05) is 0 Å². The molecule has 0 bridgehead atoms. The number of likely N-dealkylation sites (N-methyl/N-ethyl adjacent to an activating group) is 1. The van der Waals surface area contributed by atoms with E-state index in [9.17, 15) is 29.3 Å². The van der Waals surface area contributed by atoms with Gasteiger partial charge in [-0.15, -0.1) is 0 Å². The maximum atomic E-state index is 12.8. The number of rotatable bonds is 10. The molecule has 1 aromatic heterocycles. The van der Waals surface area contributed by atoms with Crippen LogP contribution in [0.1, 0.15) is 12.5 Å². The maximum absolute atomic E-state index is 12.8. The van der Waals surface area contributed by atoms with Gasteiger partial charge >= 0.3 is 17.3 Å². The fourth-order valence-corrected chi connectivity index (χ4v) is 3.35. The van der Waals surface area contributed by atoms with E-state index in [-0.39, 0.29) is 36.0 Å². The molecule has 0 spiro atoms. The summed E-state index contributed by atoms with van der Waals surface area (Å²) in [6, 6.07) is 14.4. The van der Waals surface area contributed by atoms with Gasteiger partial charge in [-0.2, -0.15) is 0 Å². The average molecular weight is 497 g/mol. The van der Waals surface area contributed by atoms with E-state index < -0.39 is 41.3 Å². The Labute approximate surface area is 203 Å². The Kier molecular flexibility index (Phi) is 8.18. The molecule has 188 valence electrons. The number of hydrogen-bond acceptors (Lipinski definition) is 9. The zero-order valence-corrected chi connectivity index (χ0v) is 19.2. The molecule has 1 heterocycles. The van der Waals surface area contributed by atoms with E-state index in [4.69, 9.17) is 15.2 Å². The predicted molar refractivity (Wildman–Crippen MR) is 129 cm³/mol. The number of esters is 1. The Hall–Kier alpha value is -4.94. The highest BCUT2D eigenvalue weighted by Gasteiger charge is 2.24. The lowest BCUT2D eigenvalue weighted by atomic mass is 10.2. The molecule has 3 N–H and O–H groups in total. The van der Waals surface area contributed by atoms with Crippen LogP contribution in [0.4, 0.5) is 17.2 Å². The van der Waals surface area contributed by atoms with E-state index in [2.05, 4.69) is 4.98 Å². The van der Waals surface area contributed by atoms with Crippen LogP contribution >= 0.6 is 0 Å². The molecule has 13 nitrogen and oxygen atoms in total. The first kappa shape index (κ1) is 25.7. The van der Waals surface area contributed by atoms with Gasteiger partial charge in [-0.3, -0.25) is 29.3 Å². The van der Waals surface area contributed by atoms with Crippen molar-refractivity contribution in [3.63, 3.8) is 0 Å². The van der Waals surface area contributed by atoms with Gasteiger partial charge in [0.1, 0.15) is 5.82 Å². The second kappa shape index (κ2) is 11.5. The van der Waals surface area contributed by atoms with Gasteiger partial charge < -0.3 is 20.1 Å². The van der Waals surface area contributed by atoms with Crippen LogP contribution in [0.25, 0.3) is 0 Å². The lowest BCUT2D eigenvalue weighted by molar-refractivity contribution is -0.385. The second-order valence-corrected chi connectivity index (χ2v) is 7.38. The van der Waals surface area contributed by atoms with Crippen molar-refractivity contribution in [2.24, 2.45) is 0 Å². The molecule has 0 saturated heterocycles. The Balaban J connectivity index is 1.71. The van der Waals surface area contributed by atoms with Crippen LogP contribution in [-0.4, -0.2) is 46.1 Å². The summed E-state index contributed by atoms with van der Waals surface area (Å²) in [5, 5.41) is 11.0. The number of carbonyl (C=O) groups excluding carboxylic acids is 2. The molecule has 0 aliphatic heterocycles. The first-order chi connectivity index (χ1) is 17.2. The molecule has 36 heavy (non-hydrogen) atoms. The normalized spacial score (nSPS) is 10.5. The summed E-state index contributed by atoms with van der Waals surface area (Å²) in [6.07, 6.45) is 0. The van der Waals surface area contributed by atoms with Crippen LogP contribution in [0.2, 0.25) is 0 Å². The molecule has 3 aromatic rings. The number of nitro groups is 1. The third-order valence-corrected chi connectivity index (χ3v) is 5.05. The van der Waals surface area contributed by atoms with Crippen molar-refractivity contribution in [2.45, 2.75) is 13.5 Å². The molecule has 0 saturated carbocycles. The van der Waals surface area contributed by atoms with Crippen LogP contribution in [0.5, 0.6) is 5.75 Å². The molecule has 0 fully saturated rings. The highest BCUT2D eigenvalue weighted by Crippen LogP contribution is 2.25. The van der Waals surface area contributed by atoms with Gasteiger partial charge in [-0.25, -0.2) is 9.59 Å². The summed E-state index contributed by atoms with van der Waals surface area (Å²) in [6.45, 7) is 0.167. The second-order valence-electron chi connectivity index (χ2n) is 7.38. The van der Waals surface area contributed by atoms with Crippen molar-refractivity contribution in [3.05, 3.63) is 91.1 Å². The minimum absolute atomic E-state index is 0.0140. The molecule has 0 atom stereocenters. The minimum atomic E-state index is -0.964. The molecular formula is C23H23N5O8. The molecule has 0 unspecified atom stereocenters. The highest BCUT2D eigenvalue weighted by molar-refractivity contribution is 5.97. The first-order valence-corrected chi connectivity index (χ1v) is 10.7. The number of H-pyrrole nitrogens is 1. The van der Waals surface area contributed by atoms with Gasteiger partial charge in [-0.05, 0) is 18.6 Å². The number of aromatic nitrogens is 2. The average Bonchev–Trinajstić information content (AvgIpc) is 2.87. The van der Waals surface area contributed by atoms with Crippen molar-refractivity contribution in [1.82, 2.24) is 9.55 Å². The van der Waals surface area contributed by atoms with Crippen molar-refractivity contribution >= 4 is 29.1 Å². The van der Waals surface area contributed by atoms with Gasteiger partial charge in [0.25, 0.3) is 11.5 Å². The standard InChI is InChI=1S/C23H23N5O8/c1-2-26(18(29)13-36-19(30)14-35-17-11-7-6-10-16(17)28(33)34)20-21(24)27(23(32)25-22(20)31)12-15-8-4-3-5-9-15/h3-11H,2,12-14,24H2,1H3,(H,25,31,32). The summed E-state index contributed by atoms with van der Waals surface area (Å²) in [5.41, 5.74) is 4.65. The first-order valence-electron chi connectivity index (χ1n) is 10.7. The summed E-state index contributed by atoms with van der Waals surface area (Å²) in [7, 11) is 0. The number of nitrogens with one attached hydrogen (secondary N) is 1. The van der Waals surface area contributed by atoms with E-state index >= 15 is 0 Å². The number of aromatic amines is 1. The van der Waals surface area contributed by atoms with Crippen molar-refractivity contribution in [1.29, 1.82) is 0 Å². The Morgan fingerprint density at radius 1 is 1.08 bits per heavy atom. The molecule has 13 heteroatoms. The van der Waals surface area contributed by atoms with E-state index in [1.165, 1.54) is 24.3 Å². The Bertz CT molecular complexity index is 1380. The van der Waals surface area contributed by atoms with Crippen LogP contribution in [0.3, 0.4) is 0 Å². The van der Waals surface area contributed by atoms with Crippen molar-refractivity contribution in [2.75, 3.05) is 30.4 Å². The largest absolute Gasteiger partial charge is 0.475 e. The topological polar surface area (TPSA) is 180 Å². The van der Waals surface area contributed by atoms with Gasteiger partial charge in [0.15, 0.2) is 24.7 Å². The zero-order valence-electron chi connectivity index (χ0n) is 19.2. The van der Waals surface area contributed by atoms with Gasteiger partial charge in [-0.1, -0.05) is 42.5 Å². The minimum Gasteiger partial charge on any atom is -0.475 e. The number of nitrogen functional groups attached to an aromatic ring is 1. The van der Waals surface area contributed by atoms with Crippen LogP contribution < -0.4 is 26.6 Å². The number of amides is 1. The summed E-state index contributed by atoms with van der Waals surface area (Å²) in [5.74, 6) is -2.11. The van der Waals surface area contributed by atoms with Crippen molar-refractivity contribution < 1.29 is 24.0 Å². The molecule has 2 aromatic carbocycles. The fraction of sp³-hybridized carbons (Fsp3) is 0.217. The van der Waals surface area contributed by atoms with Crippen LogP contribution in [-0.2, 0) is 20.9 Å². The number of nitro benzene ring substituents is 1. The third kappa shape index (κ3) is 5.94. The lowest BCUT2D eigenvalue weighted by Crippen LogP contribution is -2.42. The number of ether oxygens (including phenoxy) is 2. The third-order valence-electron chi connectivity index (χ3n) is 5.05. The van der Waals surface area contributed by atoms with Crippen LogP contribution in [0, 0.1) is 10.1 Å². The number of nitrogens with zero attached hydrogens (tertiary/aromatic N) is 3. The fourth-order valence-electron chi connectivity index (χ4n) is 3.35. The molecular weight excluding hydrogens is 474 g/mol. The summed E-state index contributed by atoms with van der Waals surface area (Å²) in [4.78, 5) is 63.2. The van der Waals surface area contributed by atoms with Crippen LogP contribution in [0.15, 0.2) is 64.2 Å². The highest BCUT2D eigenvalue weighted by atomic mass is 16.6. The van der Waals surface area contributed by atoms with Gasteiger partial charge in [0.2, 0.25) is 0 Å². The monoisotopic (exact) mass is 497 g/mol. The molecule has 0 aliphatic carbocycles. The van der Waals surface area contributed by atoms with E-state index in [0.717, 1.165) is 15.0 Å². The smallest absolute Gasteiger partial charge is 0.344 e. The zero-order chi connectivity index (χ0) is 26.2. The molecule has 0 aliphatic rings. The number of carbonyl (C=O) groups is 2.